The molecule has 3 rings (SSSR count). The summed E-state index contributed by atoms with van der Waals surface area (Å²) in [6, 6.07) is 6.15. The average molecular weight is 352 g/mol. The molecular weight excluding hydrogens is 336 g/mol. The number of anilines is 1. The van der Waals surface area contributed by atoms with Crippen molar-refractivity contribution in [3.8, 4) is 5.75 Å². The predicted molar refractivity (Wildman–Crippen MR) is 88.7 cm³/mol. The van der Waals surface area contributed by atoms with E-state index < -0.39 is 15.9 Å². The normalized spacial score (nSPS) is 13.6. The number of hydrogen-bond acceptors (Lipinski definition) is 5. The summed E-state index contributed by atoms with van der Waals surface area (Å²) >= 11 is 1.29. The van der Waals surface area contributed by atoms with E-state index in [-0.39, 0.29) is 4.90 Å². The standard InChI is InChI=1S/C15H16N2O4S2/c1-21-9-4-2-5-10(8-9)23(19,20)17-15-13(14(16)18)11-6-3-7-12(11)22-15/h2,4-5,8,17H,3,6-7H2,1H3,(H2,16,18). The zero-order valence-electron chi connectivity index (χ0n) is 12.5. The number of amides is 1. The van der Waals surface area contributed by atoms with Crippen LogP contribution >= 0.6 is 11.3 Å². The van der Waals surface area contributed by atoms with Crippen molar-refractivity contribution in [2.45, 2.75) is 24.2 Å². The summed E-state index contributed by atoms with van der Waals surface area (Å²) in [5.41, 5.74) is 6.63. The molecule has 1 amide bonds. The number of hydrogen-bond donors (Lipinski definition) is 2. The number of nitrogens with two attached hydrogens (primary N) is 1. The van der Waals surface area contributed by atoms with Gasteiger partial charge in [-0.05, 0) is 37.0 Å². The minimum atomic E-state index is -3.82. The number of ether oxygens (including phenoxy) is 1. The first kappa shape index (κ1) is 15.8. The highest BCUT2D eigenvalue weighted by atomic mass is 32.2. The van der Waals surface area contributed by atoms with Crippen LogP contribution < -0.4 is 15.2 Å². The third-order valence-electron chi connectivity index (χ3n) is 3.75. The Morgan fingerprint density at radius 1 is 1.35 bits per heavy atom. The van der Waals surface area contributed by atoms with Gasteiger partial charge >= 0.3 is 0 Å². The molecule has 1 aliphatic rings. The fraction of sp³-hybridized carbons (Fsp3) is 0.267. The van der Waals surface area contributed by atoms with E-state index in [1.807, 2.05) is 0 Å². The maximum Gasteiger partial charge on any atom is 0.262 e. The molecule has 0 aliphatic heterocycles. The van der Waals surface area contributed by atoms with Crippen LogP contribution in [0.25, 0.3) is 0 Å². The largest absolute Gasteiger partial charge is 0.497 e. The molecule has 1 aliphatic carbocycles. The number of rotatable bonds is 5. The van der Waals surface area contributed by atoms with Crippen LogP contribution in [0, 0.1) is 0 Å². The lowest BCUT2D eigenvalue weighted by molar-refractivity contribution is 0.100. The second-order valence-corrected chi connectivity index (χ2v) is 8.00. The molecule has 2 aromatic rings. The topological polar surface area (TPSA) is 98.5 Å². The number of carbonyl (C=O) groups excluding carboxylic acids is 1. The van der Waals surface area contributed by atoms with Crippen LogP contribution in [0.3, 0.4) is 0 Å². The number of sulfonamides is 1. The summed E-state index contributed by atoms with van der Waals surface area (Å²) < 4.78 is 32.7. The summed E-state index contributed by atoms with van der Waals surface area (Å²) in [5, 5.41) is 0.296. The highest BCUT2D eigenvalue weighted by Gasteiger charge is 2.28. The monoisotopic (exact) mass is 352 g/mol. The molecule has 6 nitrogen and oxygen atoms in total. The van der Waals surface area contributed by atoms with Crippen molar-refractivity contribution in [1.29, 1.82) is 0 Å². The van der Waals surface area contributed by atoms with Gasteiger partial charge in [-0.1, -0.05) is 6.07 Å². The van der Waals surface area contributed by atoms with Gasteiger partial charge < -0.3 is 10.5 Å². The lowest BCUT2D eigenvalue weighted by Gasteiger charge is -2.09. The van der Waals surface area contributed by atoms with Crippen molar-refractivity contribution in [2.24, 2.45) is 5.73 Å². The van der Waals surface area contributed by atoms with Crippen molar-refractivity contribution in [2.75, 3.05) is 11.8 Å². The average Bonchev–Trinajstić information content (AvgIpc) is 3.06. The molecule has 0 radical (unpaired) electrons. The number of benzene rings is 1. The van der Waals surface area contributed by atoms with Gasteiger partial charge in [0.15, 0.2) is 0 Å². The lowest BCUT2D eigenvalue weighted by Crippen LogP contribution is -2.18. The van der Waals surface area contributed by atoms with Crippen molar-refractivity contribution in [3.05, 3.63) is 40.3 Å². The zero-order valence-corrected chi connectivity index (χ0v) is 14.1. The van der Waals surface area contributed by atoms with Gasteiger partial charge in [0.2, 0.25) is 0 Å². The van der Waals surface area contributed by atoms with Crippen molar-refractivity contribution < 1.29 is 17.9 Å². The van der Waals surface area contributed by atoms with E-state index in [4.69, 9.17) is 10.5 Å². The molecule has 1 aromatic heterocycles. The van der Waals surface area contributed by atoms with E-state index in [0.717, 1.165) is 29.7 Å². The van der Waals surface area contributed by atoms with E-state index in [0.29, 0.717) is 16.3 Å². The Kier molecular flexibility index (Phi) is 4.03. The van der Waals surface area contributed by atoms with Crippen LogP contribution in [0.2, 0.25) is 0 Å². The predicted octanol–water partition coefficient (Wildman–Crippen LogP) is 2.15. The van der Waals surface area contributed by atoms with E-state index in [1.165, 1.54) is 30.6 Å². The van der Waals surface area contributed by atoms with Gasteiger partial charge in [0.25, 0.3) is 15.9 Å². The van der Waals surface area contributed by atoms with Gasteiger partial charge in [0, 0.05) is 10.9 Å². The van der Waals surface area contributed by atoms with Gasteiger partial charge in [0.05, 0.1) is 17.6 Å². The second kappa shape index (κ2) is 5.86. The first-order chi connectivity index (χ1) is 10.9. The Morgan fingerprint density at radius 2 is 2.13 bits per heavy atom. The third kappa shape index (κ3) is 2.91. The van der Waals surface area contributed by atoms with Gasteiger partial charge in [-0.3, -0.25) is 9.52 Å². The molecule has 0 spiro atoms. The first-order valence-corrected chi connectivity index (χ1v) is 9.33. The van der Waals surface area contributed by atoms with Crippen LogP contribution in [-0.2, 0) is 22.9 Å². The molecule has 0 unspecified atom stereocenters. The maximum atomic E-state index is 12.6. The Bertz CT molecular complexity index is 872. The minimum Gasteiger partial charge on any atom is -0.497 e. The second-order valence-electron chi connectivity index (χ2n) is 5.21. The number of fused-ring (bicyclic) bond motifs is 1. The number of thiophene rings is 1. The maximum absolute atomic E-state index is 12.6. The molecule has 8 heteroatoms. The van der Waals surface area contributed by atoms with Crippen LogP contribution in [-0.4, -0.2) is 21.4 Å². The van der Waals surface area contributed by atoms with Crippen molar-refractivity contribution in [3.63, 3.8) is 0 Å². The quantitative estimate of drug-likeness (QED) is 0.861. The summed E-state index contributed by atoms with van der Waals surface area (Å²) in [7, 11) is -2.35. The highest BCUT2D eigenvalue weighted by Crippen LogP contribution is 2.39. The molecule has 0 bridgehead atoms. The SMILES string of the molecule is COc1cccc(S(=O)(=O)Nc2sc3c(c2C(N)=O)CCC3)c1. The van der Waals surface area contributed by atoms with Crippen LogP contribution in [0.5, 0.6) is 5.75 Å². The highest BCUT2D eigenvalue weighted by molar-refractivity contribution is 7.93. The van der Waals surface area contributed by atoms with Crippen molar-refractivity contribution >= 4 is 32.3 Å². The molecule has 0 saturated heterocycles. The number of aryl methyl sites for hydroxylation is 1. The summed E-state index contributed by atoms with van der Waals surface area (Å²) in [6.07, 6.45) is 2.57. The lowest BCUT2D eigenvalue weighted by atomic mass is 10.1. The molecule has 122 valence electrons. The number of methoxy groups -OCH3 is 1. The molecule has 3 N–H and O–H groups in total. The summed E-state index contributed by atoms with van der Waals surface area (Å²) in [5.74, 6) is -0.163. The molecule has 1 aromatic carbocycles. The van der Waals surface area contributed by atoms with Gasteiger partial charge in [-0.2, -0.15) is 0 Å². The number of nitrogens with one attached hydrogen (secondary N) is 1. The Morgan fingerprint density at radius 3 is 2.83 bits per heavy atom. The summed E-state index contributed by atoms with van der Waals surface area (Å²) in [6.45, 7) is 0. The van der Waals surface area contributed by atoms with Crippen molar-refractivity contribution in [1.82, 2.24) is 0 Å². The number of carbonyl (C=O) groups is 1. The molecule has 23 heavy (non-hydrogen) atoms. The fourth-order valence-electron chi connectivity index (χ4n) is 2.69. The van der Waals surface area contributed by atoms with Gasteiger partial charge in [-0.25, -0.2) is 8.42 Å². The van der Waals surface area contributed by atoms with Gasteiger partial charge in [0.1, 0.15) is 10.8 Å². The molecule has 1 heterocycles. The Hall–Kier alpha value is -2.06. The van der Waals surface area contributed by atoms with E-state index in [9.17, 15) is 13.2 Å². The third-order valence-corrected chi connectivity index (χ3v) is 6.43. The zero-order chi connectivity index (χ0) is 16.6. The molecule has 0 atom stereocenters. The molecule has 0 saturated carbocycles. The Balaban J connectivity index is 1.99. The smallest absolute Gasteiger partial charge is 0.262 e. The molecular formula is C15H16N2O4S2. The summed E-state index contributed by atoms with van der Waals surface area (Å²) in [4.78, 5) is 12.8. The van der Waals surface area contributed by atoms with E-state index >= 15 is 0 Å². The van der Waals surface area contributed by atoms with Crippen LogP contribution in [0.4, 0.5) is 5.00 Å². The number of primary amides is 1. The van der Waals surface area contributed by atoms with Gasteiger partial charge in [-0.15, -0.1) is 11.3 Å². The van der Waals surface area contributed by atoms with Crippen LogP contribution in [0.1, 0.15) is 27.2 Å². The molecule has 0 fully saturated rings. The van der Waals surface area contributed by atoms with E-state index in [2.05, 4.69) is 4.72 Å². The Labute approximate surface area is 138 Å². The fourth-order valence-corrected chi connectivity index (χ4v) is 5.32. The minimum absolute atomic E-state index is 0.0702. The van der Waals surface area contributed by atoms with Crippen LogP contribution in [0.15, 0.2) is 29.2 Å². The van der Waals surface area contributed by atoms with E-state index in [1.54, 1.807) is 12.1 Å². The first-order valence-electron chi connectivity index (χ1n) is 7.03.